The molecule has 1 fully saturated rings. The third-order valence-electron chi connectivity index (χ3n) is 9.45. The van der Waals surface area contributed by atoms with Gasteiger partial charge in [-0.05, 0) is 42.6 Å². The van der Waals surface area contributed by atoms with E-state index in [-0.39, 0.29) is 36.5 Å². The van der Waals surface area contributed by atoms with Crippen LogP contribution in [-0.4, -0.2) is 74.6 Å². The number of alkyl halides is 4. The Bertz CT molecular complexity index is 2500. The third kappa shape index (κ3) is 12.1. The summed E-state index contributed by atoms with van der Waals surface area (Å²) in [6, 6.07) is 29.1. The van der Waals surface area contributed by atoms with Gasteiger partial charge in [0.2, 0.25) is 0 Å². The Morgan fingerprint density at radius 2 is 1.12 bits per heavy atom. The summed E-state index contributed by atoms with van der Waals surface area (Å²) in [6.45, 7) is 2.77. The standard InChI is InChI=1S/C27H28F3N5O3.C15H14ClN3O2/c28-27(29,30)20-38-24-10-5-4-9-23(24)33-15-13-32(14-16-33)11-6-12-35-25(36)22(17-31)19-34(26(35)37)18-21-7-2-1-3-8-21;16-7-4-8-19-14(20)13(9-17)11-18(15(19)21)10-12-5-2-1-3-6-12/h1-5,7-10,19H,6,11-16,18,20H2;1-3,5-6,11H,4,7-8,10H2. The van der Waals surface area contributed by atoms with Crippen molar-refractivity contribution >= 4 is 17.3 Å². The molecule has 308 valence electrons. The second kappa shape index (κ2) is 20.9. The van der Waals surface area contributed by atoms with Gasteiger partial charge in [0.05, 0.1) is 18.8 Å². The first-order valence-electron chi connectivity index (χ1n) is 18.8. The number of nitriles is 2. The lowest BCUT2D eigenvalue weighted by Gasteiger charge is -2.36. The average Bonchev–Trinajstić information content (AvgIpc) is 3.24. The van der Waals surface area contributed by atoms with Crippen molar-refractivity contribution in [3.05, 3.63) is 161 Å². The monoisotopic (exact) mass is 830 g/mol. The Morgan fingerprint density at radius 3 is 1.59 bits per heavy atom. The predicted molar refractivity (Wildman–Crippen MR) is 217 cm³/mol. The van der Waals surface area contributed by atoms with Gasteiger partial charge in [0.15, 0.2) is 6.61 Å². The molecule has 0 amide bonds. The summed E-state index contributed by atoms with van der Waals surface area (Å²) in [5.41, 5.74) is 0.263. The van der Waals surface area contributed by atoms with Gasteiger partial charge in [0, 0.05) is 57.5 Å². The Morgan fingerprint density at radius 1 is 0.644 bits per heavy atom. The van der Waals surface area contributed by atoms with Crippen molar-refractivity contribution in [1.29, 1.82) is 10.5 Å². The highest BCUT2D eigenvalue weighted by Crippen LogP contribution is 2.30. The topological polar surface area (TPSA) is 151 Å². The summed E-state index contributed by atoms with van der Waals surface area (Å²) in [5.74, 6) is 0.545. The van der Waals surface area contributed by atoms with E-state index in [9.17, 15) is 37.6 Å². The van der Waals surface area contributed by atoms with Gasteiger partial charge >= 0.3 is 17.6 Å². The molecular formula is C42H42ClF3N8O5. The van der Waals surface area contributed by atoms with Crippen LogP contribution in [0.2, 0.25) is 0 Å². The highest BCUT2D eigenvalue weighted by Gasteiger charge is 2.29. The molecule has 0 bridgehead atoms. The van der Waals surface area contributed by atoms with E-state index in [4.69, 9.17) is 21.6 Å². The maximum Gasteiger partial charge on any atom is 0.422 e. The fraction of sp³-hybridized carbons (Fsp3) is 0.333. The van der Waals surface area contributed by atoms with Crippen LogP contribution in [0.15, 0.2) is 117 Å². The van der Waals surface area contributed by atoms with Gasteiger partial charge < -0.3 is 9.64 Å². The normalized spacial score (nSPS) is 12.9. The smallest absolute Gasteiger partial charge is 0.422 e. The van der Waals surface area contributed by atoms with Gasteiger partial charge in [-0.2, -0.15) is 23.7 Å². The van der Waals surface area contributed by atoms with Crippen LogP contribution in [0, 0.1) is 22.7 Å². The van der Waals surface area contributed by atoms with Crippen molar-refractivity contribution in [2.45, 2.75) is 45.2 Å². The lowest BCUT2D eigenvalue weighted by Crippen LogP contribution is -2.47. The van der Waals surface area contributed by atoms with Gasteiger partial charge in [0.1, 0.15) is 29.0 Å². The first-order chi connectivity index (χ1) is 28.4. The number of rotatable bonds is 14. The second-order valence-corrected chi connectivity index (χ2v) is 14.0. The highest BCUT2D eigenvalue weighted by molar-refractivity contribution is 6.17. The van der Waals surface area contributed by atoms with E-state index in [1.807, 2.05) is 77.7 Å². The van der Waals surface area contributed by atoms with Crippen LogP contribution in [0.3, 0.4) is 0 Å². The predicted octanol–water partition coefficient (Wildman–Crippen LogP) is 4.64. The van der Waals surface area contributed by atoms with E-state index in [0.29, 0.717) is 63.7 Å². The molecule has 13 nitrogen and oxygen atoms in total. The Hall–Kier alpha value is -6.36. The fourth-order valence-electron chi connectivity index (χ4n) is 6.52. The first-order valence-corrected chi connectivity index (χ1v) is 19.3. The van der Waals surface area contributed by atoms with Crippen LogP contribution < -0.4 is 32.1 Å². The zero-order valence-corrected chi connectivity index (χ0v) is 32.8. The molecule has 5 aromatic rings. The molecule has 2 aromatic heterocycles. The van der Waals surface area contributed by atoms with Crippen molar-refractivity contribution in [2.24, 2.45) is 0 Å². The molecule has 6 rings (SSSR count). The lowest BCUT2D eigenvalue weighted by molar-refractivity contribution is -0.153. The van der Waals surface area contributed by atoms with Gasteiger partial charge in [-0.3, -0.25) is 32.8 Å². The maximum absolute atomic E-state index is 13.0. The van der Waals surface area contributed by atoms with Crippen molar-refractivity contribution < 1.29 is 17.9 Å². The number of piperazine rings is 1. The minimum atomic E-state index is -4.41. The zero-order chi connectivity index (χ0) is 42.4. The van der Waals surface area contributed by atoms with Gasteiger partial charge in [0.25, 0.3) is 11.1 Å². The van der Waals surface area contributed by atoms with Crippen LogP contribution in [0.5, 0.6) is 5.75 Å². The lowest BCUT2D eigenvalue weighted by atomic mass is 10.2. The number of anilines is 1. The molecule has 0 N–H and O–H groups in total. The average molecular weight is 831 g/mol. The summed E-state index contributed by atoms with van der Waals surface area (Å²) >= 11 is 5.61. The van der Waals surface area contributed by atoms with Gasteiger partial charge in [-0.1, -0.05) is 72.8 Å². The first kappa shape index (κ1) is 43.8. The number of ether oxygens (including phenoxy) is 1. The van der Waals surface area contributed by atoms with Crippen LogP contribution in [0.1, 0.15) is 35.1 Å². The van der Waals surface area contributed by atoms with Crippen molar-refractivity contribution in [1.82, 2.24) is 23.2 Å². The van der Waals surface area contributed by atoms with E-state index < -0.39 is 35.3 Å². The number of hydrogen-bond donors (Lipinski definition) is 0. The summed E-state index contributed by atoms with van der Waals surface area (Å²) in [6.07, 6.45) is -0.763. The molecule has 0 unspecified atom stereocenters. The van der Waals surface area contributed by atoms with Gasteiger partial charge in [-0.15, -0.1) is 11.6 Å². The van der Waals surface area contributed by atoms with Crippen LogP contribution in [0.25, 0.3) is 0 Å². The molecule has 0 saturated carbocycles. The van der Waals surface area contributed by atoms with Crippen LogP contribution >= 0.6 is 11.6 Å². The Labute approximate surface area is 342 Å². The fourth-order valence-corrected chi connectivity index (χ4v) is 6.64. The van der Waals surface area contributed by atoms with E-state index in [0.717, 1.165) is 20.3 Å². The number of benzene rings is 3. The molecule has 1 aliphatic heterocycles. The summed E-state index contributed by atoms with van der Waals surface area (Å²) in [4.78, 5) is 54.2. The molecule has 59 heavy (non-hydrogen) atoms. The Balaban J connectivity index is 0.000000266. The zero-order valence-electron chi connectivity index (χ0n) is 32.1. The molecule has 0 aliphatic carbocycles. The van der Waals surface area contributed by atoms with E-state index >= 15 is 0 Å². The molecule has 3 heterocycles. The van der Waals surface area contributed by atoms with Crippen molar-refractivity contribution in [3.63, 3.8) is 0 Å². The van der Waals surface area contributed by atoms with E-state index in [1.165, 1.54) is 27.6 Å². The molecule has 1 saturated heterocycles. The van der Waals surface area contributed by atoms with Crippen LogP contribution in [0.4, 0.5) is 18.9 Å². The summed E-state index contributed by atoms with van der Waals surface area (Å²) < 4.78 is 47.8. The minimum Gasteiger partial charge on any atom is -0.482 e. The van der Waals surface area contributed by atoms with E-state index in [1.54, 1.807) is 18.2 Å². The quantitative estimate of drug-likeness (QED) is 0.146. The third-order valence-corrected chi connectivity index (χ3v) is 9.71. The van der Waals surface area contributed by atoms with Crippen LogP contribution in [-0.2, 0) is 26.2 Å². The highest BCUT2D eigenvalue weighted by atomic mass is 35.5. The number of nitrogens with zero attached hydrogens (tertiary/aromatic N) is 8. The molecule has 1 aliphatic rings. The SMILES string of the molecule is N#Cc1cn(Cc2ccccc2)c(=O)n(CCCCl)c1=O.N#Cc1cn(Cc2ccccc2)c(=O)n(CCCN2CCN(c3ccccc3OCC(F)(F)F)CC2)c1=O. The molecule has 0 atom stereocenters. The Kier molecular flexibility index (Phi) is 15.5. The molecular weight excluding hydrogens is 789 g/mol. The maximum atomic E-state index is 13.0. The molecule has 17 heteroatoms. The second-order valence-electron chi connectivity index (χ2n) is 13.6. The van der Waals surface area contributed by atoms with Gasteiger partial charge in [-0.25, -0.2) is 9.59 Å². The molecule has 0 radical (unpaired) electrons. The van der Waals surface area contributed by atoms with Crippen molar-refractivity contribution in [2.75, 3.05) is 50.1 Å². The largest absolute Gasteiger partial charge is 0.482 e. The summed E-state index contributed by atoms with van der Waals surface area (Å²) in [5, 5.41) is 18.5. The number of hydrogen-bond acceptors (Lipinski definition) is 9. The number of halogens is 4. The molecule has 3 aromatic carbocycles. The van der Waals surface area contributed by atoms with E-state index in [2.05, 4.69) is 4.90 Å². The van der Waals surface area contributed by atoms with Crippen molar-refractivity contribution in [3.8, 4) is 17.9 Å². The summed E-state index contributed by atoms with van der Waals surface area (Å²) in [7, 11) is 0. The molecule has 0 spiro atoms. The number of aromatic nitrogens is 4. The number of para-hydroxylation sites is 2. The minimum absolute atomic E-state index is 0.0416.